The molecule has 0 atom stereocenters. The predicted octanol–water partition coefficient (Wildman–Crippen LogP) is 2.64. The normalized spacial score (nSPS) is 12.1. The summed E-state index contributed by atoms with van der Waals surface area (Å²) in [7, 11) is 3.91. The Kier molecular flexibility index (Phi) is 5.39. The maximum atomic E-state index is 12.8. The van der Waals surface area contributed by atoms with Crippen LogP contribution in [0.15, 0.2) is 24.3 Å². The van der Waals surface area contributed by atoms with Crippen molar-refractivity contribution in [1.82, 2.24) is 0 Å². The van der Waals surface area contributed by atoms with Crippen molar-refractivity contribution in [3.8, 4) is 28.7 Å². The van der Waals surface area contributed by atoms with E-state index in [1.54, 1.807) is 18.2 Å². The number of methoxy groups -OCH3 is 3. The van der Waals surface area contributed by atoms with Crippen molar-refractivity contribution in [2.24, 2.45) is 0 Å². The maximum absolute atomic E-state index is 12.8. The van der Waals surface area contributed by atoms with Crippen molar-refractivity contribution in [3.05, 3.63) is 39.9 Å². The topological polar surface area (TPSA) is 118 Å². The SMILES string of the molecule is COc1cc(C(=O)Nc2ccc3c(c2)OCCO3)c([N+](=O)[O-])c(OC)c1OC. The number of nitro benzene ring substituents is 1. The van der Waals surface area contributed by atoms with Crippen LogP contribution in [0.25, 0.3) is 0 Å². The predicted molar refractivity (Wildman–Crippen MR) is 98.1 cm³/mol. The summed E-state index contributed by atoms with van der Waals surface area (Å²) in [5.74, 6) is 0.248. The highest BCUT2D eigenvalue weighted by Gasteiger charge is 2.32. The van der Waals surface area contributed by atoms with Crippen molar-refractivity contribution in [1.29, 1.82) is 0 Å². The third kappa shape index (κ3) is 3.43. The number of rotatable bonds is 6. The largest absolute Gasteiger partial charge is 0.493 e. The van der Waals surface area contributed by atoms with E-state index in [2.05, 4.69) is 5.32 Å². The lowest BCUT2D eigenvalue weighted by Crippen LogP contribution is -2.17. The first-order chi connectivity index (χ1) is 13.5. The minimum Gasteiger partial charge on any atom is -0.493 e. The first-order valence-corrected chi connectivity index (χ1v) is 8.18. The van der Waals surface area contributed by atoms with Gasteiger partial charge in [0.25, 0.3) is 5.91 Å². The minimum atomic E-state index is -0.720. The highest BCUT2D eigenvalue weighted by atomic mass is 16.6. The number of hydrogen-bond acceptors (Lipinski definition) is 8. The Morgan fingerprint density at radius 1 is 1.04 bits per heavy atom. The lowest BCUT2D eigenvalue weighted by atomic mass is 10.1. The van der Waals surface area contributed by atoms with Gasteiger partial charge in [-0.25, -0.2) is 0 Å². The molecule has 148 valence electrons. The molecule has 1 amide bonds. The van der Waals surface area contributed by atoms with E-state index in [4.69, 9.17) is 23.7 Å². The van der Waals surface area contributed by atoms with E-state index in [-0.39, 0.29) is 22.8 Å². The number of nitro groups is 1. The van der Waals surface area contributed by atoms with E-state index in [1.807, 2.05) is 0 Å². The molecule has 3 rings (SSSR count). The zero-order valence-corrected chi connectivity index (χ0v) is 15.4. The Morgan fingerprint density at radius 3 is 2.32 bits per heavy atom. The van der Waals surface area contributed by atoms with Crippen molar-refractivity contribution in [3.63, 3.8) is 0 Å². The molecule has 0 radical (unpaired) electrons. The molecule has 0 fully saturated rings. The van der Waals surface area contributed by atoms with Crippen LogP contribution >= 0.6 is 0 Å². The number of nitrogens with zero attached hydrogens (tertiary/aromatic N) is 1. The van der Waals surface area contributed by atoms with Crippen LogP contribution in [-0.4, -0.2) is 45.4 Å². The van der Waals surface area contributed by atoms with Gasteiger partial charge in [-0.05, 0) is 12.1 Å². The number of benzene rings is 2. The van der Waals surface area contributed by atoms with E-state index in [9.17, 15) is 14.9 Å². The van der Waals surface area contributed by atoms with Gasteiger partial charge in [-0.2, -0.15) is 0 Å². The molecule has 28 heavy (non-hydrogen) atoms. The van der Waals surface area contributed by atoms with Crippen LogP contribution in [0.1, 0.15) is 10.4 Å². The number of carbonyl (C=O) groups is 1. The van der Waals surface area contributed by atoms with Crippen molar-refractivity contribution in [2.75, 3.05) is 39.9 Å². The molecule has 10 heteroatoms. The fraction of sp³-hybridized carbons (Fsp3) is 0.278. The average Bonchev–Trinajstić information content (AvgIpc) is 2.71. The van der Waals surface area contributed by atoms with Gasteiger partial charge < -0.3 is 29.0 Å². The minimum absolute atomic E-state index is 0.0209. The lowest BCUT2D eigenvalue weighted by Gasteiger charge is -2.19. The van der Waals surface area contributed by atoms with Crippen LogP contribution in [0.3, 0.4) is 0 Å². The molecule has 0 saturated heterocycles. The van der Waals surface area contributed by atoms with Crippen LogP contribution in [-0.2, 0) is 0 Å². The highest BCUT2D eigenvalue weighted by molar-refractivity contribution is 6.08. The molecule has 1 heterocycles. The standard InChI is InChI=1S/C18H18N2O8/c1-24-14-9-11(15(20(22)23)17(26-3)16(14)25-2)18(21)19-10-4-5-12-13(8-10)28-7-6-27-12/h4-5,8-9H,6-7H2,1-3H3,(H,19,21). The molecular weight excluding hydrogens is 372 g/mol. The summed E-state index contributed by atoms with van der Waals surface area (Å²) in [5.41, 5.74) is -0.387. The first-order valence-electron chi connectivity index (χ1n) is 8.18. The molecule has 0 spiro atoms. The summed E-state index contributed by atoms with van der Waals surface area (Å²) in [4.78, 5) is 23.7. The zero-order valence-electron chi connectivity index (χ0n) is 15.4. The fourth-order valence-corrected chi connectivity index (χ4v) is 2.81. The quantitative estimate of drug-likeness (QED) is 0.591. The molecule has 0 saturated carbocycles. The van der Waals surface area contributed by atoms with Crippen LogP contribution in [0.4, 0.5) is 11.4 Å². The van der Waals surface area contributed by atoms with Gasteiger partial charge in [0, 0.05) is 17.8 Å². The Bertz CT molecular complexity index is 928. The number of amides is 1. The molecule has 1 aliphatic rings. The number of carbonyl (C=O) groups excluding carboxylic acids is 1. The van der Waals surface area contributed by atoms with E-state index < -0.39 is 16.5 Å². The van der Waals surface area contributed by atoms with Gasteiger partial charge >= 0.3 is 5.69 Å². The third-order valence-corrected chi connectivity index (χ3v) is 4.03. The Balaban J connectivity index is 2.02. The molecule has 0 unspecified atom stereocenters. The fourth-order valence-electron chi connectivity index (χ4n) is 2.81. The van der Waals surface area contributed by atoms with Gasteiger partial charge in [0.1, 0.15) is 18.8 Å². The molecule has 0 bridgehead atoms. The van der Waals surface area contributed by atoms with Crippen LogP contribution < -0.4 is 29.0 Å². The van der Waals surface area contributed by atoms with Crippen LogP contribution in [0.5, 0.6) is 28.7 Å². The van der Waals surface area contributed by atoms with E-state index in [0.717, 1.165) is 0 Å². The summed E-state index contributed by atoms with van der Waals surface area (Å²) in [6.07, 6.45) is 0. The lowest BCUT2D eigenvalue weighted by molar-refractivity contribution is -0.386. The summed E-state index contributed by atoms with van der Waals surface area (Å²) in [6, 6.07) is 6.06. The molecular formula is C18H18N2O8. The average molecular weight is 390 g/mol. The second-order valence-corrected chi connectivity index (χ2v) is 5.61. The molecule has 1 N–H and O–H groups in total. The molecule has 1 aliphatic heterocycles. The van der Waals surface area contributed by atoms with Crippen LogP contribution in [0, 0.1) is 10.1 Å². The second-order valence-electron chi connectivity index (χ2n) is 5.61. The Hall–Kier alpha value is -3.69. The van der Waals surface area contributed by atoms with Crippen molar-refractivity contribution in [2.45, 2.75) is 0 Å². The number of fused-ring (bicyclic) bond motifs is 1. The summed E-state index contributed by atoms with van der Waals surface area (Å²) in [6.45, 7) is 0.832. The number of nitrogens with one attached hydrogen (secondary N) is 1. The molecule has 2 aromatic carbocycles. The van der Waals surface area contributed by atoms with Gasteiger partial charge in [-0.15, -0.1) is 0 Å². The van der Waals surface area contributed by atoms with Gasteiger partial charge in [-0.3, -0.25) is 14.9 Å². The molecule has 2 aromatic rings. The summed E-state index contributed by atoms with van der Waals surface area (Å²) < 4.78 is 26.4. The summed E-state index contributed by atoms with van der Waals surface area (Å²) in [5, 5.41) is 14.2. The smallest absolute Gasteiger partial charge is 0.327 e. The second kappa shape index (κ2) is 7.91. The number of ether oxygens (including phenoxy) is 5. The monoisotopic (exact) mass is 390 g/mol. The van der Waals surface area contributed by atoms with Crippen molar-refractivity contribution >= 4 is 17.3 Å². The van der Waals surface area contributed by atoms with Gasteiger partial charge in [0.15, 0.2) is 17.2 Å². The number of hydrogen-bond donors (Lipinski definition) is 1. The van der Waals surface area contributed by atoms with E-state index >= 15 is 0 Å². The van der Waals surface area contributed by atoms with Crippen LogP contribution in [0.2, 0.25) is 0 Å². The Labute approximate surface area is 160 Å². The molecule has 0 aliphatic carbocycles. The zero-order chi connectivity index (χ0) is 20.3. The number of anilines is 1. The van der Waals surface area contributed by atoms with Gasteiger partial charge in [0.05, 0.1) is 26.3 Å². The Morgan fingerprint density at radius 2 is 1.71 bits per heavy atom. The van der Waals surface area contributed by atoms with E-state index in [0.29, 0.717) is 30.4 Å². The molecule has 10 nitrogen and oxygen atoms in total. The first kappa shape index (κ1) is 19.1. The third-order valence-electron chi connectivity index (χ3n) is 4.03. The van der Waals surface area contributed by atoms with Gasteiger partial charge in [-0.1, -0.05) is 0 Å². The maximum Gasteiger partial charge on any atom is 0.327 e. The van der Waals surface area contributed by atoms with E-state index in [1.165, 1.54) is 27.4 Å². The molecule has 0 aromatic heterocycles. The van der Waals surface area contributed by atoms with Gasteiger partial charge in [0.2, 0.25) is 11.5 Å². The van der Waals surface area contributed by atoms with Crippen molar-refractivity contribution < 1.29 is 33.4 Å². The summed E-state index contributed by atoms with van der Waals surface area (Å²) >= 11 is 0. The highest BCUT2D eigenvalue weighted by Crippen LogP contribution is 2.46.